The number of halogens is 2. The average Bonchev–Trinajstić information content (AvgIpc) is 3.95. The second-order valence-electron chi connectivity index (χ2n) is 14.7. The summed E-state index contributed by atoms with van der Waals surface area (Å²) in [5, 5.41) is 7.08. The molecule has 0 saturated carbocycles. The number of pyridine rings is 2. The number of nitrogens with two attached hydrogens (primary N) is 2. The van der Waals surface area contributed by atoms with Crippen LogP contribution >= 0.6 is 23.2 Å². The Morgan fingerprint density at radius 2 is 1.14 bits per heavy atom. The minimum absolute atomic E-state index is 0.0101. The van der Waals surface area contributed by atoms with Crippen LogP contribution < -0.4 is 27.9 Å². The normalized spacial score (nSPS) is 12.1. The summed E-state index contributed by atoms with van der Waals surface area (Å²) in [6.07, 6.45) is 3.04. The predicted molar refractivity (Wildman–Crippen MR) is 251 cm³/mol. The number of aromatic nitrogens is 10. The van der Waals surface area contributed by atoms with Gasteiger partial charge >= 0.3 is 0 Å². The van der Waals surface area contributed by atoms with E-state index >= 15 is 0 Å². The molecule has 0 bridgehead atoms. The summed E-state index contributed by atoms with van der Waals surface area (Å²) in [6, 6.07) is 34.6. The number of imidazole rings is 2. The number of nitrogens with zero attached hydrogens (tertiary/aromatic N) is 8. The molecule has 6 aromatic heterocycles. The smallest absolute Gasteiger partial charge is 0.263 e. The van der Waals surface area contributed by atoms with E-state index in [1.165, 1.54) is 6.33 Å². The van der Waals surface area contributed by atoms with Gasteiger partial charge in [0.15, 0.2) is 22.3 Å². The van der Waals surface area contributed by atoms with Crippen molar-refractivity contribution in [2.75, 3.05) is 11.1 Å². The van der Waals surface area contributed by atoms with Crippen LogP contribution in [0.3, 0.4) is 0 Å². The maximum atomic E-state index is 13.6. The number of nitrogen functional groups attached to an aromatic ring is 1. The molecule has 0 spiro atoms. The molecule has 2 atom stereocenters. The van der Waals surface area contributed by atoms with Crippen LogP contribution in [0.4, 0.5) is 11.8 Å². The molecule has 4 aromatic carbocycles. The lowest BCUT2D eigenvalue weighted by Gasteiger charge is -2.22. The number of benzene rings is 4. The molecule has 10 aromatic rings. The molecule has 316 valence electrons. The van der Waals surface area contributed by atoms with Crippen molar-refractivity contribution < 1.29 is 0 Å². The van der Waals surface area contributed by atoms with Crippen LogP contribution in [0.1, 0.15) is 48.4 Å². The van der Waals surface area contributed by atoms with Crippen LogP contribution in [0.2, 0.25) is 10.4 Å². The van der Waals surface area contributed by atoms with Crippen molar-refractivity contribution in [3.8, 4) is 11.4 Å². The predicted octanol–water partition coefficient (Wildman–Crippen LogP) is 8.70. The van der Waals surface area contributed by atoms with Gasteiger partial charge in [-0.25, -0.2) is 9.97 Å². The molecule has 0 aliphatic carbocycles. The largest absolute Gasteiger partial charge is 0.368 e. The van der Waals surface area contributed by atoms with Crippen LogP contribution in [0.15, 0.2) is 131 Å². The number of aromatic amines is 2. The van der Waals surface area contributed by atoms with Gasteiger partial charge < -0.3 is 26.8 Å². The summed E-state index contributed by atoms with van der Waals surface area (Å²) >= 11 is 11.8. The molecule has 7 N–H and O–H groups in total. The molecule has 0 fully saturated rings. The Hall–Kier alpha value is -7.46. The highest BCUT2D eigenvalue weighted by molar-refractivity contribution is 6.33. The molecule has 10 rings (SSSR count). The molecule has 0 radical (unpaired) electrons. The van der Waals surface area contributed by atoms with Gasteiger partial charge in [-0.3, -0.25) is 18.7 Å². The van der Waals surface area contributed by atoms with E-state index in [0.717, 1.165) is 50.0 Å². The fourth-order valence-electron chi connectivity index (χ4n) is 7.46. The second kappa shape index (κ2) is 17.9. The number of aryl methyl sites for hydroxylation is 2. The SMILES string of the molecule is Cc1cccc2cc([C@H](C)N)n(-c3ccccc3)c(=O)c12.Cc1cccc2cc([C@H](C)Nc3nc(Cl)nc4nc[nH]c34)n(-c3ccccc3)c(=O)c12.Nc1nc(Cl)c2[nH]cnc2n1. The van der Waals surface area contributed by atoms with Crippen molar-refractivity contribution in [2.45, 2.75) is 39.8 Å². The maximum absolute atomic E-state index is 13.6. The van der Waals surface area contributed by atoms with E-state index in [-0.39, 0.29) is 34.4 Å². The van der Waals surface area contributed by atoms with Gasteiger partial charge in [0.1, 0.15) is 11.0 Å². The molecule has 0 aliphatic heterocycles. The van der Waals surface area contributed by atoms with E-state index in [1.54, 1.807) is 15.5 Å². The Labute approximate surface area is 369 Å². The Morgan fingerprint density at radius 1 is 0.635 bits per heavy atom. The van der Waals surface area contributed by atoms with Gasteiger partial charge in [-0.05, 0) is 97.6 Å². The van der Waals surface area contributed by atoms with Crippen LogP contribution in [0.25, 0.3) is 55.2 Å². The molecule has 0 saturated heterocycles. The summed E-state index contributed by atoms with van der Waals surface area (Å²) < 4.78 is 3.47. The molecule has 15 nitrogen and oxygen atoms in total. The Kier molecular flexibility index (Phi) is 12.0. The molecule has 0 aliphatic rings. The molecule has 63 heavy (non-hydrogen) atoms. The van der Waals surface area contributed by atoms with Gasteiger partial charge in [0.2, 0.25) is 11.2 Å². The van der Waals surface area contributed by atoms with Crippen molar-refractivity contribution in [1.29, 1.82) is 0 Å². The van der Waals surface area contributed by atoms with Crippen molar-refractivity contribution >= 4 is 78.8 Å². The van der Waals surface area contributed by atoms with E-state index in [2.05, 4.69) is 45.2 Å². The third kappa shape index (κ3) is 8.57. The number of H-pyrrole nitrogens is 2. The van der Waals surface area contributed by atoms with Crippen LogP contribution in [-0.2, 0) is 0 Å². The minimum Gasteiger partial charge on any atom is -0.368 e. The van der Waals surface area contributed by atoms with Crippen molar-refractivity contribution in [2.24, 2.45) is 5.73 Å². The van der Waals surface area contributed by atoms with E-state index in [9.17, 15) is 9.59 Å². The highest BCUT2D eigenvalue weighted by Gasteiger charge is 2.20. The molecule has 0 unspecified atom stereocenters. The summed E-state index contributed by atoms with van der Waals surface area (Å²) in [5.41, 5.74) is 18.8. The Balaban J connectivity index is 0.000000146. The molecule has 6 heterocycles. The zero-order valence-corrected chi connectivity index (χ0v) is 36.0. The second-order valence-corrected chi connectivity index (χ2v) is 15.4. The number of nitrogens with one attached hydrogen (secondary N) is 3. The first-order chi connectivity index (χ1) is 30.4. The van der Waals surface area contributed by atoms with Crippen LogP contribution in [0.5, 0.6) is 0 Å². The van der Waals surface area contributed by atoms with Crippen LogP contribution in [-0.4, -0.2) is 49.0 Å². The Bertz CT molecular complexity index is 3380. The third-order valence-electron chi connectivity index (χ3n) is 10.4. The first-order valence-electron chi connectivity index (χ1n) is 19.8. The summed E-state index contributed by atoms with van der Waals surface area (Å²) in [6.45, 7) is 7.80. The lowest BCUT2D eigenvalue weighted by molar-refractivity contribution is 0.734. The van der Waals surface area contributed by atoms with Gasteiger partial charge in [0.25, 0.3) is 11.1 Å². The van der Waals surface area contributed by atoms with Gasteiger partial charge in [-0.2, -0.15) is 19.9 Å². The fraction of sp³-hybridized carbons (Fsp3) is 0.130. The number of anilines is 2. The Morgan fingerprint density at radius 3 is 1.70 bits per heavy atom. The quantitative estimate of drug-likeness (QED) is 0.0786. The molecular formula is C46H41Cl2N13O2. The summed E-state index contributed by atoms with van der Waals surface area (Å²) in [7, 11) is 0. The first-order valence-corrected chi connectivity index (χ1v) is 20.6. The standard InChI is InChI=1S/C23H19ClN6O.C18H18N2O.C5H4ClN5/c1-13-7-6-8-15-11-17(30(22(31)18(13)15)16-9-4-3-5-10-16)14(2)27-21-19-20(26-12-25-19)28-23(24)29-21;1-12-7-6-8-14-11-16(13(2)19)20(18(21)17(12)14)15-9-4-3-5-10-15;6-3-2-4(9-1-8-2)11-5(7)10-3/h3-12,14H,1-2H3,(H2,25,26,27,28,29);3-11,13H,19H2,1-2H3;1H,(H3,7,8,9,10,11)/t14-;13-;/m00./s1. The van der Waals surface area contributed by atoms with Crippen molar-refractivity contribution in [1.82, 2.24) is 49.0 Å². The van der Waals surface area contributed by atoms with Crippen molar-refractivity contribution in [3.05, 3.63) is 176 Å². The zero-order chi connectivity index (χ0) is 44.4. The highest BCUT2D eigenvalue weighted by Crippen LogP contribution is 2.28. The fourth-order valence-corrected chi connectivity index (χ4v) is 7.85. The van der Waals surface area contributed by atoms with Gasteiger partial charge in [-0.15, -0.1) is 0 Å². The van der Waals surface area contributed by atoms with E-state index in [1.807, 2.05) is 137 Å². The van der Waals surface area contributed by atoms with E-state index < -0.39 is 0 Å². The number of hydrogen-bond acceptors (Lipinski definition) is 11. The van der Waals surface area contributed by atoms with Gasteiger partial charge in [-0.1, -0.05) is 84.4 Å². The lowest BCUT2D eigenvalue weighted by atomic mass is 10.0. The number of hydrogen-bond donors (Lipinski definition) is 5. The highest BCUT2D eigenvalue weighted by atomic mass is 35.5. The topological polar surface area (TPSA) is 217 Å². The third-order valence-corrected chi connectivity index (χ3v) is 10.8. The van der Waals surface area contributed by atoms with E-state index in [0.29, 0.717) is 38.7 Å². The zero-order valence-electron chi connectivity index (χ0n) is 34.5. The molecular weight excluding hydrogens is 838 g/mol. The minimum atomic E-state index is -0.268. The number of rotatable bonds is 6. The molecule has 17 heteroatoms. The number of fused-ring (bicyclic) bond motifs is 4. The number of para-hydroxylation sites is 2. The van der Waals surface area contributed by atoms with Gasteiger partial charge in [0.05, 0.1) is 29.5 Å². The summed E-state index contributed by atoms with van der Waals surface area (Å²) in [5.74, 6) is 0.658. The van der Waals surface area contributed by atoms with E-state index in [4.69, 9.17) is 34.7 Å². The maximum Gasteiger partial charge on any atom is 0.263 e. The average molecular weight is 879 g/mol. The lowest BCUT2D eigenvalue weighted by Crippen LogP contribution is -2.26. The summed E-state index contributed by atoms with van der Waals surface area (Å²) in [4.78, 5) is 56.5. The van der Waals surface area contributed by atoms with Crippen molar-refractivity contribution in [3.63, 3.8) is 0 Å². The monoisotopic (exact) mass is 877 g/mol. The first kappa shape index (κ1) is 42.2. The van der Waals surface area contributed by atoms with Gasteiger partial charge in [0, 0.05) is 28.8 Å². The molecule has 0 amide bonds. The van der Waals surface area contributed by atoms with Crippen LogP contribution in [0, 0.1) is 13.8 Å².